The molecule has 3 heterocycles. The minimum atomic E-state index is -3.10. The first-order valence-electron chi connectivity index (χ1n) is 8.40. The lowest BCUT2D eigenvalue weighted by Crippen LogP contribution is -2.42. The highest BCUT2D eigenvalue weighted by molar-refractivity contribution is 7.88. The molecule has 9 heteroatoms. The molecule has 2 aliphatic heterocycles. The Morgan fingerprint density at radius 1 is 1.24 bits per heavy atom. The van der Waals surface area contributed by atoms with Crippen molar-refractivity contribution in [1.82, 2.24) is 14.3 Å². The lowest BCUT2D eigenvalue weighted by molar-refractivity contribution is 0.175. The number of ether oxygens (including phenoxy) is 1. The summed E-state index contributed by atoms with van der Waals surface area (Å²) >= 11 is 0. The predicted molar refractivity (Wildman–Crippen MR) is 92.8 cm³/mol. The Hall–Kier alpha value is -1.74. The standard InChI is InChI=1S/C16H24N4O4S/c1-16(2)11-24-15(21)20(16)14-10-17-13(9-18-14)8-12-4-6-19(7-5-12)25(3,22)23/h9-10,12H,4-8,11H2,1-3H3. The predicted octanol–water partition coefficient (Wildman–Crippen LogP) is 1.43. The van der Waals surface area contributed by atoms with Crippen molar-refractivity contribution >= 4 is 21.9 Å². The summed E-state index contributed by atoms with van der Waals surface area (Å²) in [4.78, 5) is 22.2. The van der Waals surface area contributed by atoms with Gasteiger partial charge >= 0.3 is 6.09 Å². The summed E-state index contributed by atoms with van der Waals surface area (Å²) in [5.74, 6) is 0.884. The first-order chi connectivity index (χ1) is 11.7. The van der Waals surface area contributed by atoms with Crippen molar-refractivity contribution in [1.29, 1.82) is 0 Å². The minimum absolute atomic E-state index is 0.328. The number of amides is 1. The quantitative estimate of drug-likeness (QED) is 0.798. The van der Waals surface area contributed by atoms with Crippen LogP contribution in [-0.2, 0) is 21.2 Å². The molecule has 0 bridgehead atoms. The van der Waals surface area contributed by atoms with Gasteiger partial charge in [-0.05, 0) is 39.0 Å². The van der Waals surface area contributed by atoms with Crippen LogP contribution in [0.3, 0.4) is 0 Å². The van der Waals surface area contributed by atoms with Crippen molar-refractivity contribution in [2.45, 2.75) is 38.6 Å². The van der Waals surface area contributed by atoms with Crippen molar-refractivity contribution in [3.8, 4) is 0 Å². The zero-order valence-electron chi connectivity index (χ0n) is 14.8. The average molecular weight is 368 g/mol. The third-order valence-electron chi connectivity index (χ3n) is 4.80. The summed E-state index contributed by atoms with van der Waals surface area (Å²) in [6.07, 6.45) is 6.56. The highest BCUT2D eigenvalue weighted by Gasteiger charge is 2.41. The molecule has 2 aliphatic rings. The Balaban J connectivity index is 1.62. The fraction of sp³-hybridized carbons (Fsp3) is 0.688. The molecule has 0 saturated carbocycles. The van der Waals surface area contributed by atoms with E-state index < -0.39 is 21.7 Å². The lowest BCUT2D eigenvalue weighted by atomic mass is 9.93. The van der Waals surface area contributed by atoms with E-state index in [9.17, 15) is 13.2 Å². The molecule has 2 fully saturated rings. The summed E-state index contributed by atoms with van der Waals surface area (Å²) < 4.78 is 29.7. The van der Waals surface area contributed by atoms with Gasteiger partial charge in [-0.1, -0.05) is 0 Å². The molecule has 0 radical (unpaired) electrons. The zero-order valence-corrected chi connectivity index (χ0v) is 15.6. The van der Waals surface area contributed by atoms with E-state index in [1.54, 1.807) is 12.4 Å². The topological polar surface area (TPSA) is 92.7 Å². The number of nitrogens with zero attached hydrogens (tertiary/aromatic N) is 4. The van der Waals surface area contributed by atoms with E-state index in [1.165, 1.54) is 15.5 Å². The van der Waals surface area contributed by atoms with Crippen molar-refractivity contribution in [2.24, 2.45) is 5.92 Å². The van der Waals surface area contributed by atoms with E-state index in [1.807, 2.05) is 13.8 Å². The molecule has 1 amide bonds. The number of carbonyl (C=O) groups excluding carboxylic acids is 1. The van der Waals surface area contributed by atoms with Gasteiger partial charge in [-0.3, -0.25) is 9.88 Å². The van der Waals surface area contributed by atoms with Gasteiger partial charge in [0.2, 0.25) is 10.0 Å². The van der Waals surface area contributed by atoms with Gasteiger partial charge in [0, 0.05) is 13.1 Å². The largest absolute Gasteiger partial charge is 0.447 e. The highest BCUT2D eigenvalue weighted by atomic mass is 32.2. The van der Waals surface area contributed by atoms with Gasteiger partial charge in [0.25, 0.3) is 0 Å². The first-order valence-corrected chi connectivity index (χ1v) is 10.2. The van der Waals surface area contributed by atoms with E-state index in [0.717, 1.165) is 25.0 Å². The van der Waals surface area contributed by atoms with Gasteiger partial charge in [-0.2, -0.15) is 0 Å². The summed E-state index contributed by atoms with van der Waals surface area (Å²) in [7, 11) is -3.10. The monoisotopic (exact) mass is 368 g/mol. The molecule has 138 valence electrons. The molecule has 3 rings (SSSR count). The van der Waals surface area contributed by atoms with Crippen molar-refractivity contribution in [2.75, 3.05) is 30.9 Å². The third kappa shape index (κ3) is 3.92. The summed E-state index contributed by atoms with van der Waals surface area (Å²) in [6.45, 7) is 5.28. The molecule has 0 aliphatic carbocycles. The number of aromatic nitrogens is 2. The minimum Gasteiger partial charge on any atom is -0.447 e. The fourth-order valence-electron chi connectivity index (χ4n) is 3.33. The average Bonchev–Trinajstić information content (AvgIpc) is 2.81. The van der Waals surface area contributed by atoms with Crippen LogP contribution in [0, 0.1) is 5.92 Å². The van der Waals surface area contributed by atoms with Crippen LogP contribution in [0.2, 0.25) is 0 Å². The van der Waals surface area contributed by atoms with Crippen molar-refractivity contribution in [3.05, 3.63) is 18.1 Å². The summed E-state index contributed by atoms with van der Waals surface area (Å²) in [5, 5.41) is 0. The van der Waals surface area contributed by atoms with Gasteiger partial charge < -0.3 is 4.74 Å². The summed E-state index contributed by atoms with van der Waals surface area (Å²) in [5.41, 5.74) is 0.415. The van der Waals surface area contributed by atoms with E-state index in [2.05, 4.69) is 9.97 Å². The first kappa shape index (κ1) is 18.1. The maximum atomic E-state index is 11.9. The Kier molecular flexibility index (Phi) is 4.72. The number of hydrogen-bond acceptors (Lipinski definition) is 6. The van der Waals surface area contributed by atoms with Gasteiger partial charge in [-0.15, -0.1) is 0 Å². The van der Waals surface area contributed by atoms with Crippen LogP contribution in [0.5, 0.6) is 0 Å². The Bertz CT molecular complexity index is 740. The lowest BCUT2D eigenvalue weighted by Gasteiger charge is -2.30. The van der Waals surface area contributed by atoms with Gasteiger partial charge in [-0.25, -0.2) is 22.5 Å². The van der Waals surface area contributed by atoms with E-state index in [-0.39, 0.29) is 0 Å². The molecule has 0 N–H and O–H groups in total. The van der Waals surface area contributed by atoms with Gasteiger partial charge in [0.05, 0.1) is 29.9 Å². The van der Waals surface area contributed by atoms with E-state index in [0.29, 0.717) is 31.4 Å². The smallest absolute Gasteiger partial charge is 0.416 e. The maximum Gasteiger partial charge on any atom is 0.416 e. The van der Waals surface area contributed by atoms with E-state index in [4.69, 9.17) is 4.74 Å². The Labute approximate surface area is 148 Å². The number of anilines is 1. The number of cyclic esters (lactones) is 1. The second kappa shape index (κ2) is 6.53. The number of hydrogen-bond donors (Lipinski definition) is 0. The molecule has 0 atom stereocenters. The second-order valence-electron chi connectivity index (χ2n) is 7.38. The molecule has 2 saturated heterocycles. The van der Waals surface area contributed by atoms with E-state index >= 15 is 0 Å². The number of sulfonamides is 1. The molecular formula is C16H24N4O4S. The Morgan fingerprint density at radius 2 is 1.92 bits per heavy atom. The van der Waals surface area contributed by atoms with Gasteiger partial charge in [0.1, 0.15) is 6.61 Å². The molecule has 25 heavy (non-hydrogen) atoms. The maximum absolute atomic E-state index is 11.9. The number of carbonyl (C=O) groups is 1. The molecule has 0 unspecified atom stereocenters. The van der Waals surface area contributed by atoms with Crippen molar-refractivity contribution in [3.63, 3.8) is 0 Å². The van der Waals surface area contributed by atoms with Crippen molar-refractivity contribution < 1.29 is 17.9 Å². The molecule has 1 aromatic rings. The second-order valence-corrected chi connectivity index (χ2v) is 9.36. The SMILES string of the molecule is CC1(C)COC(=O)N1c1cnc(CC2CCN(S(C)(=O)=O)CC2)cn1. The number of rotatable bonds is 4. The molecular weight excluding hydrogens is 344 g/mol. The fourth-order valence-corrected chi connectivity index (χ4v) is 4.20. The summed E-state index contributed by atoms with van der Waals surface area (Å²) in [6, 6.07) is 0. The molecule has 1 aromatic heterocycles. The Morgan fingerprint density at radius 3 is 2.40 bits per heavy atom. The molecule has 0 spiro atoms. The van der Waals surface area contributed by atoms with Crippen LogP contribution in [0.1, 0.15) is 32.4 Å². The van der Waals surface area contributed by atoms with Crippen LogP contribution in [0.25, 0.3) is 0 Å². The third-order valence-corrected chi connectivity index (χ3v) is 6.10. The van der Waals surface area contributed by atoms with Crippen LogP contribution in [0.15, 0.2) is 12.4 Å². The normalized spacial score (nSPS) is 22.2. The number of piperidine rings is 1. The van der Waals surface area contributed by atoms with Gasteiger partial charge in [0.15, 0.2) is 5.82 Å². The zero-order chi connectivity index (χ0) is 18.2. The molecule has 8 nitrogen and oxygen atoms in total. The molecule has 0 aromatic carbocycles. The van der Waals surface area contributed by atoms with Crippen LogP contribution in [0.4, 0.5) is 10.6 Å². The van der Waals surface area contributed by atoms with Crippen LogP contribution in [-0.4, -0.2) is 60.3 Å². The highest BCUT2D eigenvalue weighted by Crippen LogP contribution is 2.29. The van der Waals surface area contributed by atoms with Crippen LogP contribution < -0.4 is 4.90 Å². The van der Waals surface area contributed by atoms with Crippen LogP contribution >= 0.6 is 0 Å².